The van der Waals surface area contributed by atoms with E-state index in [-0.39, 0.29) is 0 Å². The molecule has 1 saturated heterocycles. The Labute approximate surface area is 146 Å². The monoisotopic (exact) mass is 384 g/mol. The van der Waals surface area contributed by atoms with Crippen LogP contribution in [-0.4, -0.2) is 43.9 Å². The molecule has 0 aliphatic carbocycles. The van der Waals surface area contributed by atoms with Gasteiger partial charge in [0, 0.05) is 29.8 Å². The molecule has 0 aromatic heterocycles. The first-order chi connectivity index (χ1) is 10.9. The molecule has 0 bridgehead atoms. The fourth-order valence-corrected chi connectivity index (χ4v) is 2.86. The number of carboxylic acids is 1. The number of rotatable bonds is 7. The van der Waals surface area contributed by atoms with Gasteiger partial charge in [-0.2, -0.15) is 0 Å². The van der Waals surface area contributed by atoms with Crippen LogP contribution in [0.1, 0.15) is 25.8 Å². The maximum atomic E-state index is 11.1. The molecule has 0 unspecified atom stereocenters. The molecule has 0 spiro atoms. The summed E-state index contributed by atoms with van der Waals surface area (Å²) in [6, 6.07) is 6.30. The molecular weight excluding hydrogens is 360 g/mol. The third kappa shape index (κ3) is 5.19. The van der Waals surface area contributed by atoms with E-state index in [2.05, 4.69) is 38.3 Å². The topological polar surface area (TPSA) is 61.8 Å². The van der Waals surface area contributed by atoms with E-state index in [0.29, 0.717) is 13.0 Å². The van der Waals surface area contributed by atoms with E-state index in [1.54, 1.807) is 13.8 Å². The van der Waals surface area contributed by atoms with Gasteiger partial charge in [0.15, 0.2) is 0 Å². The molecule has 2 rings (SSSR count). The highest BCUT2D eigenvalue weighted by Gasteiger charge is 2.26. The molecule has 1 aliphatic heterocycles. The van der Waals surface area contributed by atoms with Gasteiger partial charge in [0.25, 0.3) is 0 Å². The van der Waals surface area contributed by atoms with Crippen molar-refractivity contribution in [2.45, 2.75) is 26.8 Å². The van der Waals surface area contributed by atoms with Gasteiger partial charge in [-0.3, -0.25) is 4.79 Å². The number of nitrogens with one attached hydrogen (secondary N) is 1. The summed E-state index contributed by atoms with van der Waals surface area (Å²) in [6.45, 7) is 8.24. The number of ether oxygens (including phenoxy) is 1. The number of morpholine rings is 1. The number of benzene rings is 1. The molecule has 23 heavy (non-hydrogen) atoms. The number of halogens is 1. The lowest BCUT2D eigenvalue weighted by Gasteiger charge is -2.31. The molecule has 1 aliphatic rings. The second-order valence-electron chi connectivity index (χ2n) is 6.49. The number of anilines is 1. The summed E-state index contributed by atoms with van der Waals surface area (Å²) in [5.74, 6) is -0.753. The third-order valence-electron chi connectivity index (χ3n) is 4.22. The van der Waals surface area contributed by atoms with Gasteiger partial charge in [-0.15, -0.1) is 0 Å². The molecule has 0 radical (unpaired) electrons. The predicted octanol–water partition coefficient (Wildman–Crippen LogP) is 2.88. The SMILES string of the molecule is CC(C)(CCNCc1ccc(Br)cc1N1CCOCC1)C(=O)O. The van der Waals surface area contributed by atoms with Crippen molar-refractivity contribution in [2.24, 2.45) is 5.41 Å². The predicted molar refractivity (Wildman–Crippen MR) is 94.9 cm³/mol. The molecule has 1 heterocycles. The number of carboxylic acid groups (broad SMARTS) is 1. The van der Waals surface area contributed by atoms with Crippen molar-refractivity contribution in [3.63, 3.8) is 0 Å². The first kappa shape index (κ1) is 18.2. The van der Waals surface area contributed by atoms with Crippen LogP contribution >= 0.6 is 15.9 Å². The number of hydrogen-bond donors (Lipinski definition) is 2. The summed E-state index contributed by atoms with van der Waals surface area (Å²) >= 11 is 3.54. The fraction of sp³-hybridized carbons (Fsp3) is 0.588. The summed E-state index contributed by atoms with van der Waals surface area (Å²) in [5.41, 5.74) is 1.75. The Hall–Kier alpha value is -1.11. The van der Waals surface area contributed by atoms with Gasteiger partial charge < -0.3 is 20.1 Å². The van der Waals surface area contributed by atoms with Gasteiger partial charge >= 0.3 is 5.97 Å². The summed E-state index contributed by atoms with van der Waals surface area (Å²) in [4.78, 5) is 13.5. The van der Waals surface area contributed by atoms with Crippen LogP contribution < -0.4 is 10.2 Å². The Bertz CT molecular complexity index is 543. The highest BCUT2D eigenvalue weighted by Crippen LogP contribution is 2.26. The molecular formula is C17H25BrN2O3. The minimum Gasteiger partial charge on any atom is -0.481 e. The zero-order valence-corrected chi connectivity index (χ0v) is 15.4. The number of nitrogens with zero attached hydrogens (tertiary/aromatic N) is 1. The van der Waals surface area contributed by atoms with Crippen molar-refractivity contribution in [1.82, 2.24) is 5.32 Å². The highest BCUT2D eigenvalue weighted by molar-refractivity contribution is 9.10. The maximum Gasteiger partial charge on any atom is 0.309 e. The Balaban J connectivity index is 1.95. The average Bonchev–Trinajstić information content (AvgIpc) is 2.53. The Morgan fingerprint density at radius 2 is 2.09 bits per heavy atom. The zero-order chi connectivity index (χ0) is 16.9. The van der Waals surface area contributed by atoms with Crippen molar-refractivity contribution >= 4 is 27.6 Å². The number of carbonyl (C=O) groups is 1. The van der Waals surface area contributed by atoms with Gasteiger partial charge in [0.05, 0.1) is 18.6 Å². The first-order valence-electron chi connectivity index (χ1n) is 7.95. The van der Waals surface area contributed by atoms with E-state index in [1.807, 2.05) is 6.07 Å². The maximum absolute atomic E-state index is 11.1. The fourth-order valence-electron chi connectivity index (χ4n) is 2.52. The molecule has 1 fully saturated rings. The lowest BCUT2D eigenvalue weighted by atomic mass is 9.90. The van der Waals surface area contributed by atoms with E-state index >= 15 is 0 Å². The van der Waals surface area contributed by atoms with Crippen LogP contribution in [0, 0.1) is 5.41 Å². The standard InChI is InChI=1S/C17H25BrN2O3/c1-17(2,16(21)22)5-6-19-12-13-3-4-14(18)11-15(13)20-7-9-23-10-8-20/h3-4,11,19H,5-10,12H2,1-2H3,(H,21,22). The summed E-state index contributed by atoms with van der Waals surface area (Å²) in [6.07, 6.45) is 0.603. The van der Waals surface area contributed by atoms with Crippen molar-refractivity contribution in [3.05, 3.63) is 28.2 Å². The molecule has 1 aromatic rings. The molecule has 0 amide bonds. The van der Waals surface area contributed by atoms with Crippen LogP contribution in [0.5, 0.6) is 0 Å². The second-order valence-corrected chi connectivity index (χ2v) is 7.40. The van der Waals surface area contributed by atoms with Crippen molar-refractivity contribution in [3.8, 4) is 0 Å². The lowest BCUT2D eigenvalue weighted by molar-refractivity contribution is -0.147. The van der Waals surface area contributed by atoms with Gasteiger partial charge in [-0.05, 0) is 44.5 Å². The minimum atomic E-state index is -0.753. The van der Waals surface area contributed by atoms with Crippen LogP contribution in [0.2, 0.25) is 0 Å². The number of hydrogen-bond acceptors (Lipinski definition) is 4. The van der Waals surface area contributed by atoms with Gasteiger partial charge in [-0.1, -0.05) is 22.0 Å². The molecule has 128 valence electrons. The van der Waals surface area contributed by atoms with Crippen molar-refractivity contribution in [1.29, 1.82) is 0 Å². The molecule has 6 heteroatoms. The third-order valence-corrected chi connectivity index (χ3v) is 4.71. The molecule has 0 saturated carbocycles. The van der Waals surface area contributed by atoms with E-state index < -0.39 is 11.4 Å². The molecule has 1 aromatic carbocycles. The van der Waals surface area contributed by atoms with Crippen LogP contribution in [0.4, 0.5) is 5.69 Å². The summed E-state index contributed by atoms with van der Waals surface area (Å²) in [7, 11) is 0. The van der Waals surface area contributed by atoms with Crippen LogP contribution in [0.3, 0.4) is 0 Å². The molecule has 0 atom stereocenters. The van der Waals surface area contributed by atoms with Crippen LogP contribution in [0.25, 0.3) is 0 Å². The van der Waals surface area contributed by atoms with E-state index in [1.165, 1.54) is 11.3 Å². The Morgan fingerprint density at radius 3 is 2.74 bits per heavy atom. The van der Waals surface area contributed by atoms with Gasteiger partial charge in [-0.25, -0.2) is 0 Å². The molecule has 5 nitrogen and oxygen atoms in total. The summed E-state index contributed by atoms with van der Waals surface area (Å²) < 4.78 is 6.49. The van der Waals surface area contributed by atoms with Crippen molar-refractivity contribution < 1.29 is 14.6 Å². The largest absolute Gasteiger partial charge is 0.481 e. The first-order valence-corrected chi connectivity index (χ1v) is 8.75. The zero-order valence-electron chi connectivity index (χ0n) is 13.8. The normalized spacial score (nSPS) is 15.7. The van der Waals surface area contributed by atoms with Crippen LogP contribution in [-0.2, 0) is 16.1 Å². The smallest absolute Gasteiger partial charge is 0.309 e. The van der Waals surface area contributed by atoms with E-state index in [9.17, 15) is 4.79 Å². The van der Waals surface area contributed by atoms with E-state index in [4.69, 9.17) is 9.84 Å². The average molecular weight is 385 g/mol. The Morgan fingerprint density at radius 1 is 1.39 bits per heavy atom. The minimum absolute atomic E-state index is 0.603. The Kier molecular flexibility index (Phi) is 6.44. The van der Waals surface area contributed by atoms with Gasteiger partial charge in [0.1, 0.15) is 0 Å². The van der Waals surface area contributed by atoms with Crippen molar-refractivity contribution in [2.75, 3.05) is 37.7 Å². The van der Waals surface area contributed by atoms with Gasteiger partial charge in [0.2, 0.25) is 0 Å². The van der Waals surface area contributed by atoms with Crippen LogP contribution in [0.15, 0.2) is 22.7 Å². The lowest BCUT2D eigenvalue weighted by Crippen LogP contribution is -2.37. The quantitative estimate of drug-likeness (QED) is 0.707. The van der Waals surface area contributed by atoms with E-state index in [0.717, 1.165) is 37.3 Å². The highest BCUT2D eigenvalue weighted by atomic mass is 79.9. The summed E-state index contributed by atoms with van der Waals surface area (Å²) in [5, 5.41) is 12.5. The second kappa shape index (κ2) is 8.13. The number of aliphatic carboxylic acids is 1. The molecule has 2 N–H and O–H groups in total.